The van der Waals surface area contributed by atoms with E-state index in [2.05, 4.69) is 6.92 Å². The number of rotatable bonds is 12. The van der Waals surface area contributed by atoms with Crippen LogP contribution in [0.15, 0.2) is 0 Å². The largest absolute Gasteiger partial charge is 0.396 e. The molecule has 1 nitrogen and oxygen atoms in total. The van der Waals surface area contributed by atoms with Crippen molar-refractivity contribution >= 4 is 0 Å². The smallest absolute Gasteiger partial charge is 0.0487 e. The average Bonchev–Trinajstić information content (AvgIpc) is 3.08. The molecule has 0 aromatic carbocycles. The summed E-state index contributed by atoms with van der Waals surface area (Å²) in [7, 11) is 0. The van der Waals surface area contributed by atoms with Crippen LogP contribution in [0.4, 0.5) is 0 Å². The number of aliphatic hydroxyl groups excluding tert-OH is 1. The quantitative estimate of drug-likeness (QED) is 0.454. The Hall–Kier alpha value is -0.0400. The molecule has 1 N–H and O–H groups in total. The SMILES string of the molecule is CCCCCCCCCCCCC1(CO)CC2CC2C1. The third kappa shape index (κ3) is 5.06. The van der Waals surface area contributed by atoms with Gasteiger partial charge in [0.05, 0.1) is 0 Å². The van der Waals surface area contributed by atoms with E-state index in [4.69, 9.17) is 0 Å². The molecule has 0 heterocycles. The van der Waals surface area contributed by atoms with Crippen LogP contribution >= 0.6 is 0 Å². The van der Waals surface area contributed by atoms with Gasteiger partial charge in [0.25, 0.3) is 0 Å². The molecule has 2 unspecified atom stereocenters. The summed E-state index contributed by atoms with van der Waals surface area (Å²) in [5.74, 6) is 2.01. The number of fused-ring (bicyclic) bond motifs is 1. The highest BCUT2D eigenvalue weighted by Gasteiger charge is 2.52. The minimum Gasteiger partial charge on any atom is -0.396 e. The van der Waals surface area contributed by atoms with E-state index in [-0.39, 0.29) is 0 Å². The van der Waals surface area contributed by atoms with Crippen molar-refractivity contribution in [2.24, 2.45) is 17.3 Å². The zero-order valence-corrected chi connectivity index (χ0v) is 13.7. The van der Waals surface area contributed by atoms with E-state index in [1.165, 1.54) is 89.9 Å². The van der Waals surface area contributed by atoms with E-state index in [1.54, 1.807) is 0 Å². The molecule has 0 aliphatic heterocycles. The maximum atomic E-state index is 9.70. The Kier molecular flexibility index (Phi) is 6.87. The minimum atomic E-state index is 0.355. The fraction of sp³-hybridized carbons (Fsp3) is 1.00. The summed E-state index contributed by atoms with van der Waals surface area (Å²) in [6, 6.07) is 0. The van der Waals surface area contributed by atoms with Gasteiger partial charge >= 0.3 is 0 Å². The van der Waals surface area contributed by atoms with Gasteiger partial charge in [0.15, 0.2) is 0 Å². The second-order valence-electron chi connectivity index (χ2n) is 7.75. The summed E-state index contributed by atoms with van der Waals surface area (Å²) < 4.78 is 0. The zero-order chi connectivity index (χ0) is 14.3. The summed E-state index contributed by atoms with van der Waals surface area (Å²) in [4.78, 5) is 0. The Bertz CT molecular complexity index is 250. The van der Waals surface area contributed by atoms with Gasteiger partial charge in [-0.1, -0.05) is 71.1 Å². The highest BCUT2D eigenvalue weighted by atomic mass is 16.3. The van der Waals surface area contributed by atoms with Crippen molar-refractivity contribution < 1.29 is 5.11 Å². The Morgan fingerprint density at radius 3 is 1.80 bits per heavy atom. The van der Waals surface area contributed by atoms with Crippen LogP contribution in [0.2, 0.25) is 0 Å². The molecular weight excluding hydrogens is 244 g/mol. The van der Waals surface area contributed by atoms with Gasteiger partial charge in [0.2, 0.25) is 0 Å². The van der Waals surface area contributed by atoms with Crippen molar-refractivity contribution in [1.29, 1.82) is 0 Å². The summed E-state index contributed by atoms with van der Waals surface area (Å²) in [5, 5.41) is 9.70. The predicted molar refractivity (Wildman–Crippen MR) is 86.8 cm³/mol. The Balaban J connectivity index is 1.40. The molecule has 2 fully saturated rings. The van der Waals surface area contributed by atoms with Crippen molar-refractivity contribution in [2.75, 3.05) is 6.61 Å². The van der Waals surface area contributed by atoms with Crippen LogP contribution in [-0.4, -0.2) is 11.7 Å². The second-order valence-corrected chi connectivity index (χ2v) is 7.75. The van der Waals surface area contributed by atoms with Crippen LogP contribution in [0.1, 0.15) is 96.8 Å². The van der Waals surface area contributed by atoms with E-state index in [0.717, 1.165) is 11.8 Å². The van der Waals surface area contributed by atoms with E-state index in [9.17, 15) is 5.11 Å². The number of aliphatic hydroxyl groups is 1. The van der Waals surface area contributed by atoms with E-state index < -0.39 is 0 Å². The van der Waals surface area contributed by atoms with E-state index in [0.29, 0.717) is 12.0 Å². The molecule has 2 atom stereocenters. The van der Waals surface area contributed by atoms with Crippen LogP contribution in [0.25, 0.3) is 0 Å². The van der Waals surface area contributed by atoms with Gasteiger partial charge < -0.3 is 5.11 Å². The van der Waals surface area contributed by atoms with Crippen LogP contribution in [0.3, 0.4) is 0 Å². The molecule has 2 aliphatic carbocycles. The molecule has 0 radical (unpaired) electrons. The lowest BCUT2D eigenvalue weighted by molar-refractivity contribution is 0.104. The second kappa shape index (κ2) is 8.41. The molecule has 0 saturated heterocycles. The third-order valence-electron chi connectivity index (χ3n) is 5.86. The first-order valence-electron chi connectivity index (χ1n) is 9.40. The van der Waals surface area contributed by atoms with Gasteiger partial charge in [-0.15, -0.1) is 0 Å². The minimum absolute atomic E-state index is 0.355. The zero-order valence-electron chi connectivity index (χ0n) is 13.7. The maximum absolute atomic E-state index is 9.70. The molecular formula is C19H36O. The summed E-state index contributed by atoms with van der Waals surface area (Å²) >= 11 is 0. The normalized spacial score (nSPS) is 31.5. The monoisotopic (exact) mass is 280 g/mol. The molecule has 20 heavy (non-hydrogen) atoms. The van der Waals surface area contributed by atoms with E-state index in [1.807, 2.05) is 0 Å². The average molecular weight is 280 g/mol. The summed E-state index contributed by atoms with van der Waals surface area (Å²) in [5.41, 5.74) is 0.355. The number of unbranched alkanes of at least 4 members (excludes halogenated alkanes) is 9. The van der Waals surface area contributed by atoms with Gasteiger partial charge in [-0.2, -0.15) is 0 Å². The van der Waals surface area contributed by atoms with Crippen LogP contribution < -0.4 is 0 Å². The first-order chi connectivity index (χ1) is 9.79. The molecule has 0 spiro atoms. The Morgan fingerprint density at radius 2 is 1.30 bits per heavy atom. The topological polar surface area (TPSA) is 20.2 Å². The lowest BCUT2D eigenvalue weighted by Gasteiger charge is -2.28. The summed E-state index contributed by atoms with van der Waals surface area (Å²) in [6.45, 7) is 2.74. The molecule has 1 heteroatoms. The first kappa shape index (κ1) is 16.3. The molecule has 118 valence electrons. The van der Waals surface area contributed by atoms with Crippen molar-refractivity contribution in [3.8, 4) is 0 Å². The maximum Gasteiger partial charge on any atom is 0.0487 e. The standard InChI is InChI=1S/C19H36O/c1-2-3-4-5-6-7-8-9-10-11-12-19(16-20)14-17-13-18(17)15-19/h17-18,20H,2-16H2,1H3. The lowest BCUT2D eigenvalue weighted by atomic mass is 9.79. The molecule has 0 amide bonds. The van der Waals surface area contributed by atoms with Gasteiger partial charge in [-0.05, 0) is 42.9 Å². The molecule has 0 aromatic heterocycles. The van der Waals surface area contributed by atoms with Crippen molar-refractivity contribution in [1.82, 2.24) is 0 Å². The molecule has 2 rings (SSSR count). The van der Waals surface area contributed by atoms with Gasteiger partial charge in [-0.3, -0.25) is 0 Å². The molecule has 2 aliphatic rings. The number of hydrogen-bond acceptors (Lipinski definition) is 1. The van der Waals surface area contributed by atoms with Crippen molar-refractivity contribution in [2.45, 2.75) is 96.8 Å². The summed E-state index contributed by atoms with van der Waals surface area (Å²) in [6.07, 6.45) is 19.6. The van der Waals surface area contributed by atoms with Crippen molar-refractivity contribution in [3.05, 3.63) is 0 Å². The van der Waals surface area contributed by atoms with E-state index >= 15 is 0 Å². The molecule has 2 saturated carbocycles. The highest BCUT2D eigenvalue weighted by Crippen LogP contribution is 2.61. The first-order valence-corrected chi connectivity index (χ1v) is 9.40. The van der Waals surface area contributed by atoms with Crippen LogP contribution in [0, 0.1) is 17.3 Å². The van der Waals surface area contributed by atoms with Gasteiger partial charge in [0, 0.05) is 6.61 Å². The predicted octanol–water partition coefficient (Wildman–Crippen LogP) is 5.71. The van der Waals surface area contributed by atoms with Crippen LogP contribution in [0.5, 0.6) is 0 Å². The molecule has 0 bridgehead atoms. The van der Waals surface area contributed by atoms with Crippen molar-refractivity contribution in [3.63, 3.8) is 0 Å². The highest BCUT2D eigenvalue weighted by molar-refractivity contribution is 5.02. The Labute approximate surface area is 126 Å². The van der Waals surface area contributed by atoms with Gasteiger partial charge in [-0.25, -0.2) is 0 Å². The molecule has 0 aromatic rings. The van der Waals surface area contributed by atoms with Crippen LogP contribution in [-0.2, 0) is 0 Å². The fourth-order valence-electron chi connectivity index (χ4n) is 4.41. The third-order valence-corrected chi connectivity index (χ3v) is 5.86. The van der Waals surface area contributed by atoms with Gasteiger partial charge in [0.1, 0.15) is 0 Å². The fourth-order valence-corrected chi connectivity index (χ4v) is 4.41. The Morgan fingerprint density at radius 1 is 0.800 bits per heavy atom. The lowest BCUT2D eigenvalue weighted by Crippen LogP contribution is -2.23. The number of hydrogen-bond donors (Lipinski definition) is 1.